The number of hydrogen-bond donors (Lipinski definition) is 0. The maximum atomic E-state index is 12.6. The van der Waals surface area contributed by atoms with Gasteiger partial charge in [-0.15, -0.1) is 0 Å². The van der Waals surface area contributed by atoms with Crippen LogP contribution in [0, 0.1) is 0 Å². The highest BCUT2D eigenvalue weighted by Crippen LogP contribution is 2.16. The summed E-state index contributed by atoms with van der Waals surface area (Å²) in [5.41, 5.74) is 0.921. The second-order valence-electron chi connectivity index (χ2n) is 7.11. The smallest absolute Gasteiger partial charge is 0.306 e. The van der Waals surface area contributed by atoms with E-state index in [2.05, 4.69) is 6.92 Å². The lowest BCUT2D eigenvalue weighted by Gasteiger charge is -2.23. The molecule has 1 amide bonds. The molecule has 0 aromatic heterocycles. The fourth-order valence-corrected chi connectivity index (χ4v) is 3.39. The van der Waals surface area contributed by atoms with Crippen molar-refractivity contribution in [2.45, 2.75) is 64.8 Å². The summed E-state index contributed by atoms with van der Waals surface area (Å²) in [5, 5.41) is 0. The summed E-state index contributed by atoms with van der Waals surface area (Å²) in [4.78, 5) is 14.4. The van der Waals surface area contributed by atoms with E-state index in [0.29, 0.717) is 26.1 Å². The maximum absolute atomic E-state index is 12.6. The predicted octanol–water partition coefficient (Wildman–Crippen LogP) is 4.14. The van der Waals surface area contributed by atoms with Crippen molar-refractivity contribution in [3.05, 3.63) is 29.8 Å². The minimum absolute atomic E-state index is 0.127. The number of carbonyl (C=O) groups is 1. The third-order valence-electron chi connectivity index (χ3n) is 4.46. The van der Waals surface area contributed by atoms with Crippen LogP contribution in [0.2, 0.25) is 0 Å². The lowest BCUT2D eigenvalue weighted by molar-refractivity contribution is -0.132. The molecule has 0 unspecified atom stereocenters. The molecule has 0 aliphatic rings. The second-order valence-corrected chi connectivity index (χ2v) is 8.69. The van der Waals surface area contributed by atoms with Gasteiger partial charge in [0.05, 0.1) is 12.9 Å². The summed E-state index contributed by atoms with van der Waals surface area (Å²) in [6, 6.07) is 6.76. The highest BCUT2D eigenvalue weighted by Gasteiger charge is 2.14. The van der Waals surface area contributed by atoms with Gasteiger partial charge in [0, 0.05) is 26.6 Å². The zero-order valence-electron chi connectivity index (χ0n) is 17.5. The first-order chi connectivity index (χ1) is 13.4. The Labute approximate surface area is 170 Å². The van der Waals surface area contributed by atoms with Crippen LogP contribution in [0.1, 0.15) is 63.9 Å². The molecule has 1 aromatic rings. The van der Waals surface area contributed by atoms with Crippen molar-refractivity contribution in [1.29, 1.82) is 0 Å². The van der Waals surface area contributed by atoms with Gasteiger partial charge in [-0.05, 0) is 24.1 Å². The Morgan fingerprint density at radius 2 is 1.61 bits per heavy atom. The van der Waals surface area contributed by atoms with E-state index in [0.717, 1.165) is 24.7 Å². The van der Waals surface area contributed by atoms with Crippen LogP contribution >= 0.6 is 0 Å². The summed E-state index contributed by atoms with van der Waals surface area (Å²) in [7, 11) is -1.92. The van der Waals surface area contributed by atoms with E-state index in [1.807, 2.05) is 0 Å². The van der Waals surface area contributed by atoms with Crippen LogP contribution in [-0.2, 0) is 26.2 Å². The van der Waals surface area contributed by atoms with Gasteiger partial charge >= 0.3 is 10.1 Å². The molecule has 0 fully saturated rings. The first-order valence-electron chi connectivity index (χ1n) is 10.1. The minimum Gasteiger partial charge on any atom is -0.383 e. The van der Waals surface area contributed by atoms with Crippen LogP contribution in [0.4, 0.5) is 0 Å². The van der Waals surface area contributed by atoms with Crippen molar-refractivity contribution in [2.75, 3.05) is 26.5 Å². The Bertz CT molecular complexity index is 658. The monoisotopic (exact) mass is 413 g/mol. The lowest BCUT2D eigenvalue weighted by Crippen LogP contribution is -2.33. The van der Waals surface area contributed by atoms with Crippen LogP contribution in [0.15, 0.2) is 24.3 Å². The standard InChI is InChI=1S/C21H35NO5S/c1-4-5-6-7-8-9-10-11-21(23)22(16-17-26-2)18-19-12-14-20(15-13-19)27-28(3,24)25/h12-15H,4-11,16-18H2,1-3H3. The molecule has 0 heterocycles. The molecule has 0 aliphatic heterocycles. The van der Waals surface area contributed by atoms with Gasteiger partial charge in [0.25, 0.3) is 0 Å². The summed E-state index contributed by atoms with van der Waals surface area (Å²) >= 11 is 0. The van der Waals surface area contributed by atoms with Gasteiger partial charge in [-0.3, -0.25) is 4.79 Å². The number of amides is 1. The van der Waals surface area contributed by atoms with Crippen LogP contribution in [-0.4, -0.2) is 45.7 Å². The minimum atomic E-state index is -3.54. The number of nitrogens with zero attached hydrogens (tertiary/aromatic N) is 1. The molecule has 0 saturated carbocycles. The van der Waals surface area contributed by atoms with Crippen LogP contribution in [0.5, 0.6) is 5.75 Å². The van der Waals surface area contributed by atoms with E-state index in [1.54, 1.807) is 36.3 Å². The summed E-state index contributed by atoms with van der Waals surface area (Å²) in [6.07, 6.45) is 9.81. The summed E-state index contributed by atoms with van der Waals surface area (Å²) < 4.78 is 32.3. The molecule has 28 heavy (non-hydrogen) atoms. The molecule has 7 heteroatoms. The first-order valence-corrected chi connectivity index (χ1v) is 11.9. The second kappa shape index (κ2) is 13.6. The van der Waals surface area contributed by atoms with Gasteiger partial charge in [-0.1, -0.05) is 57.6 Å². The molecule has 0 atom stereocenters. The largest absolute Gasteiger partial charge is 0.383 e. The van der Waals surface area contributed by atoms with Gasteiger partial charge in [0.1, 0.15) is 5.75 Å². The zero-order chi connectivity index (χ0) is 20.8. The van der Waals surface area contributed by atoms with Crippen molar-refractivity contribution in [1.82, 2.24) is 4.90 Å². The van der Waals surface area contributed by atoms with Gasteiger partial charge in [-0.2, -0.15) is 8.42 Å². The highest BCUT2D eigenvalue weighted by atomic mass is 32.2. The molecule has 160 valence electrons. The van der Waals surface area contributed by atoms with E-state index in [4.69, 9.17) is 8.92 Å². The van der Waals surface area contributed by atoms with E-state index < -0.39 is 10.1 Å². The van der Waals surface area contributed by atoms with E-state index in [9.17, 15) is 13.2 Å². The Hall–Kier alpha value is -1.60. The topological polar surface area (TPSA) is 72.9 Å². The average Bonchev–Trinajstić information content (AvgIpc) is 2.64. The van der Waals surface area contributed by atoms with Crippen LogP contribution in [0.25, 0.3) is 0 Å². The number of hydrogen-bond acceptors (Lipinski definition) is 5. The van der Waals surface area contributed by atoms with Crippen LogP contribution in [0.3, 0.4) is 0 Å². The quantitative estimate of drug-likeness (QED) is 0.319. The third kappa shape index (κ3) is 11.3. The molecule has 6 nitrogen and oxygen atoms in total. The van der Waals surface area contributed by atoms with E-state index in [-0.39, 0.29) is 11.7 Å². The van der Waals surface area contributed by atoms with Gasteiger partial charge in [0.2, 0.25) is 5.91 Å². The van der Waals surface area contributed by atoms with Crippen LogP contribution < -0.4 is 4.18 Å². The third-order valence-corrected chi connectivity index (χ3v) is 4.95. The molecule has 0 saturated heterocycles. The molecule has 0 aliphatic carbocycles. The highest BCUT2D eigenvalue weighted by molar-refractivity contribution is 7.86. The normalized spacial score (nSPS) is 11.4. The molecule has 0 N–H and O–H groups in total. The lowest BCUT2D eigenvalue weighted by atomic mass is 10.1. The number of carbonyl (C=O) groups excluding carboxylic acids is 1. The van der Waals surface area contributed by atoms with Crippen molar-refractivity contribution in [3.8, 4) is 5.75 Å². The number of unbranched alkanes of at least 4 members (excludes halogenated alkanes) is 6. The van der Waals surface area contributed by atoms with E-state index >= 15 is 0 Å². The Morgan fingerprint density at radius 3 is 2.18 bits per heavy atom. The predicted molar refractivity (Wildman–Crippen MR) is 112 cm³/mol. The van der Waals surface area contributed by atoms with Gasteiger partial charge in [0.15, 0.2) is 0 Å². The number of methoxy groups -OCH3 is 1. The average molecular weight is 414 g/mol. The van der Waals surface area contributed by atoms with Gasteiger partial charge in [-0.25, -0.2) is 0 Å². The number of rotatable bonds is 15. The van der Waals surface area contributed by atoms with Crippen molar-refractivity contribution >= 4 is 16.0 Å². The number of ether oxygens (including phenoxy) is 1. The molecule has 0 radical (unpaired) electrons. The molecule has 1 rings (SSSR count). The summed E-state index contributed by atoms with van der Waals surface area (Å²) in [5.74, 6) is 0.395. The Balaban J connectivity index is 2.51. The summed E-state index contributed by atoms with van der Waals surface area (Å²) in [6.45, 7) is 3.70. The molecule has 1 aromatic carbocycles. The Morgan fingerprint density at radius 1 is 1.00 bits per heavy atom. The molecular formula is C21H35NO5S. The van der Waals surface area contributed by atoms with Crippen molar-refractivity contribution in [3.63, 3.8) is 0 Å². The fourth-order valence-electron chi connectivity index (χ4n) is 2.93. The van der Waals surface area contributed by atoms with Gasteiger partial charge < -0.3 is 13.8 Å². The molecule has 0 bridgehead atoms. The number of benzene rings is 1. The van der Waals surface area contributed by atoms with Crippen molar-refractivity contribution in [2.24, 2.45) is 0 Å². The Kier molecular flexibility index (Phi) is 11.8. The fraction of sp³-hybridized carbons (Fsp3) is 0.667. The van der Waals surface area contributed by atoms with E-state index in [1.165, 1.54) is 32.1 Å². The zero-order valence-corrected chi connectivity index (χ0v) is 18.3. The SMILES string of the molecule is CCCCCCCCCC(=O)N(CCOC)Cc1ccc(OS(C)(=O)=O)cc1. The molecular weight excluding hydrogens is 378 g/mol. The first kappa shape index (κ1) is 24.4. The molecule has 0 spiro atoms. The maximum Gasteiger partial charge on any atom is 0.306 e. The van der Waals surface area contributed by atoms with Crippen molar-refractivity contribution < 1.29 is 22.1 Å².